The molecule has 1 aromatic rings. The van der Waals surface area contributed by atoms with Crippen LogP contribution in [0.15, 0.2) is 18.2 Å². The molecule has 1 saturated heterocycles. The first kappa shape index (κ1) is 17.8. The number of hydrogen-bond acceptors (Lipinski definition) is 3. The Morgan fingerprint density at radius 2 is 1.59 bits per heavy atom. The third-order valence-corrected chi connectivity index (χ3v) is 5.21. The summed E-state index contributed by atoms with van der Waals surface area (Å²) in [6, 6.07) is 6.14. The van der Waals surface area contributed by atoms with Crippen molar-refractivity contribution in [3.8, 4) is 0 Å². The molecular weight excluding hydrogens is 296 g/mol. The molecule has 1 fully saturated rings. The largest absolute Gasteiger partial charge is 0.496 e. The fraction of sp³-hybridized carbons (Fsp3) is 0.647. The van der Waals surface area contributed by atoms with E-state index in [-0.39, 0.29) is 11.2 Å². The first-order valence-corrected chi connectivity index (χ1v) is 8.44. The minimum atomic E-state index is -0.408. The number of rotatable bonds is 5. The zero-order valence-corrected chi connectivity index (χ0v) is 15.3. The summed E-state index contributed by atoms with van der Waals surface area (Å²) in [5.41, 5.74) is 1.45. The van der Waals surface area contributed by atoms with Crippen molar-refractivity contribution in [2.75, 3.05) is 13.1 Å². The normalized spacial score (nSPS) is 19.9. The highest BCUT2D eigenvalue weighted by Gasteiger charge is 2.52. The van der Waals surface area contributed by atoms with Gasteiger partial charge in [0.25, 0.3) is 0 Å². The van der Waals surface area contributed by atoms with Crippen LogP contribution in [0.3, 0.4) is 0 Å². The first-order valence-electron chi connectivity index (χ1n) is 8.06. The molecule has 122 valence electrons. The van der Waals surface area contributed by atoms with E-state index in [0.29, 0.717) is 5.02 Å². The smallest absolute Gasteiger partial charge is 0.399 e. The van der Waals surface area contributed by atoms with E-state index in [4.69, 9.17) is 20.9 Å². The number of halogens is 1. The predicted molar refractivity (Wildman–Crippen MR) is 93.8 cm³/mol. The molecule has 2 rings (SSSR count). The Bertz CT molecular complexity index is 513. The van der Waals surface area contributed by atoms with Gasteiger partial charge >= 0.3 is 7.12 Å². The molecule has 1 heterocycles. The van der Waals surface area contributed by atoms with Crippen molar-refractivity contribution in [2.24, 2.45) is 0 Å². The highest BCUT2D eigenvalue weighted by Crippen LogP contribution is 2.37. The highest BCUT2D eigenvalue weighted by molar-refractivity contribution is 6.65. The van der Waals surface area contributed by atoms with Gasteiger partial charge in [0.1, 0.15) is 0 Å². The van der Waals surface area contributed by atoms with E-state index in [2.05, 4.69) is 58.6 Å². The molecule has 0 N–H and O–H groups in total. The SMILES string of the molecule is CCN(CC)Cc1ccc(Cl)c(B2OC(C)(C)C(C)(C)O2)c1. The summed E-state index contributed by atoms with van der Waals surface area (Å²) in [7, 11) is -0.408. The molecule has 0 spiro atoms. The summed E-state index contributed by atoms with van der Waals surface area (Å²) >= 11 is 6.39. The van der Waals surface area contributed by atoms with Gasteiger partial charge in [0.15, 0.2) is 0 Å². The molecular formula is C17H27BClNO2. The van der Waals surface area contributed by atoms with E-state index in [1.807, 2.05) is 6.07 Å². The van der Waals surface area contributed by atoms with Gasteiger partial charge in [-0.05, 0) is 52.4 Å². The molecule has 0 amide bonds. The molecule has 0 radical (unpaired) electrons. The maximum absolute atomic E-state index is 6.39. The van der Waals surface area contributed by atoms with Crippen LogP contribution in [0.25, 0.3) is 0 Å². The topological polar surface area (TPSA) is 21.7 Å². The van der Waals surface area contributed by atoms with Gasteiger partial charge in [0.2, 0.25) is 0 Å². The maximum Gasteiger partial charge on any atom is 0.496 e. The van der Waals surface area contributed by atoms with Crippen molar-refractivity contribution >= 4 is 24.2 Å². The summed E-state index contributed by atoms with van der Waals surface area (Å²) in [4.78, 5) is 2.37. The maximum atomic E-state index is 6.39. The van der Waals surface area contributed by atoms with Crippen LogP contribution < -0.4 is 5.46 Å². The van der Waals surface area contributed by atoms with Crippen LogP contribution in [0.5, 0.6) is 0 Å². The van der Waals surface area contributed by atoms with Crippen molar-refractivity contribution in [1.82, 2.24) is 4.90 Å². The Morgan fingerprint density at radius 3 is 2.09 bits per heavy atom. The molecule has 0 saturated carbocycles. The van der Waals surface area contributed by atoms with Crippen molar-refractivity contribution in [2.45, 2.75) is 59.3 Å². The van der Waals surface area contributed by atoms with Gasteiger partial charge in [-0.2, -0.15) is 0 Å². The zero-order chi connectivity index (χ0) is 16.5. The molecule has 22 heavy (non-hydrogen) atoms. The Labute approximate surface area is 140 Å². The second kappa shape index (κ2) is 6.52. The van der Waals surface area contributed by atoms with Gasteiger partial charge in [0.05, 0.1) is 11.2 Å². The lowest BCUT2D eigenvalue weighted by atomic mass is 9.78. The van der Waals surface area contributed by atoms with Crippen LogP contribution in [0.1, 0.15) is 47.1 Å². The monoisotopic (exact) mass is 323 g/mol. The van der Waals surface area contributed by atoms with Crippen LogP contribution >= 0.6 is 11.6 Å². The van der Waals surface area contributed by atoms with Crippen molar-refractivity contribution in [3.05, 3.63) is 28.8 Å². The Kier molecular flexibility index (Phi) is 5.28. The van der Waals surface area contributed by atoms with Crippen LogP contribution in [-0.4, -0.2) is 36.3 Å². The van der Waals surface area contributed by atoms with Crippen LogP contribution in [0, 0.1) is 0 Å². The quantitative estimate of drug-likeness (QED) is 0.774. The van der Waals surface area contributed by atoms with Crippen LogP contribution in [-0.2, 0) is 15.9 Å². The second-order valence-corrected chi connectivity index (χ2v) is 7.31. The van der Waals surface area contributed by atoms with E-state index in [0.717, 1.165) is 25.1 Å². The average Bonchev–Trinajstić information content (AvgIpc) is 2.66. The Morgan fingerprint density at radius 1 is 1.05 bits per heavy atom. The molecule has 0 bridgehead atoms. The van der Waals surface area contributed by atoms with Gasteiger partial charge < -0.3 is 9.31 Å². The predicted octanol–water partition coefficient (Wildman–Crippen LogP) is 3.48. The van der Waals surface area contributed by atoms with Crippen molar-refractivity contribution < 1.29 is 9.31 Å². The van der Waals surface area contributed by atoms with Gasteiger partial charge in [-0.3, -0.25) is 4.90 Å². The summed E-state index contributed by atoms with van der Waals surface area (Å²) in [6.45, 7) is 15.6. The highest BCUT2D eigenvalue weighted by atomic mass is 35.5. The van der Waals surface area contributed by atoms with E-state index in [1.165, 1.54) is 5.56 Å². The average molecular weight is 324 g/mol. The second-order valence-electron chi connectivity index (χ2n) is 6.91. The van der Waals surface area contributed by atoms with E-state index in [9.17, 15) is 0 Å². The molecule has 0 aliphatic carbocycles. The molecule has 0 atom stereocenters. The first-order chi connectivity index (χ1) is 10.2. The molecule has 3 nitrogen and oxygen atoms in total. The third-order valence-electron chi connectivity index (χ3n) is 4.87. The van der Waals surface area contributed by atoms with Gasteiger partial charge in [-0.25, -0.2) is 0 Å². The van der Waals surface area contributed by atoms with Crippen molar-refractivity contribution in [1.29, 1.82) is 0 Å². The lowest BCUT2D eigenvalue weighted by molar-refractivity contribution is 0.00578. The molecule has 1 aliphatic heterocycles. The Hall–Kier alpha value is -0.545. The van der Waals surface area contributed by atoms with Gasteiger partial charge in [-0.1, -0.05) is 37.6 Å². The molecule has 5 heteroatoms. The molecule has 0 unspecified atom stereocenters. The van der Waals surface area contributed by atoms with E-state index in [1.54, 1.807) is 0 Å². The van der Waals surface area contributed by atoms with Gasteiger partial charge in [-0.15, -0.1) is 0 Å². The van der Waals surface area contributed by atoms with Crippen molar-refractivity contribution in [3.63, 3.8) is 0 Å². The van der Waals surface area contributed by atoms with Gasteiger partial charge in [0, 0.05) is 17.0 Å². The summed E-state index contributed by atoms with van der Waals surface area (Å²) in [5, 5.41) is 0.696. The number of nitrogens with zero attached hydrogens (tertiary/aromatic N) is 1. The fourth-order valence-electron chi connectivity index (χ4n) is 2.55. The zero-order valence-electron chi connectivity index (χ0n) is 14.6. The number of benzene rings is 1. The molecule has 0 aromatic heterocycles. The molecule has 1 aromatic carbocycles. The lowest BCUT2D eigenvalue weighted by Gasteiger charge is -2.32. The van der Waals surface area contributed by atoms with E-state index < -0.39 is 7.12 Å². The summed E-state index contributed by atoms with van der Waals surface area (Å²) in [5.74, 6) is 0. The summed E-state index contributed by atoms with van der Waals surface area (Å²) < 4.78 is 12.2. The van der Waals surface area contributed by atoms with Crippen LogP contribution in [0.4, 0.5) is 0 Å². The lowest BCUT2D eigenvalue weighted by Crippen LogP contribution is -2.41. The van der Waals surface area contributed by atoms with Crippen LogP contribution in [0.2, 0.25) is 5.02 Å². The minimum absolute atomic E-state index is 0.351. The number of hydrogen-bond donors (Lipinski definition) is 0. The van der Waals surface area contributed by atoms with E-state index >= 15 is 0 Å². The third kappa shape index (κ3) is 3.51. The fourth-order valence-corrected chi connectivity index (χ4v) is 2.75. The Balaban J connectivity index is 2.25. The minimum Gasteiger partial charge on any atom is -0.399 e. The molecule has 1 aliphatic rings. The summed E-state index contributed by atoms with van der Waals surface area (Å²) in [6.07, 6.45) is 0. The standard InChI is InChI=1S/C17H27BClNO2/c1-7-20(8-2)12-13-9-10-15(19)14(11-13)18-21-16(3,4)17(5,6)22-18/h9-11H,7-8,12H2,1-6H3.